The van der Waals surface area contributed by atoms with Gasteiger partial charge in [-0.2, -0.15) is 0 Å². The summed E-state index contributed by atoms with van der Waals surface area (Å²) in [6, 6.07) is 13.3. The van der Waals surface area contributed by atoms with Gasteiger partial charge in [-0.15, -0.1) is 0 Å². The van der Waals surface area contributed by atoms with Gasteiger partial charge in [0.15, 0.2) is 0 Å². The second-order valence-electron chi connectivity index (χ2n) is 7.71. The van der Waals surface area contributed by atoms with Crippen molar-refractivity contribution in [1.82, 2.24) is 4.90 Å². The van der Waals surface area contributed by atoms with Crippen LogP contribution in [0.2, 0.25) is 0 Å². The normalized spacial score (nSPS) is 17.8. The number of hydrogen-bond donors (Lipinski definition) is 1. The van der Waals surface area contributed by atoms with Crippen LogP contribution >= 0.6 is 0 Å². The topological polar surface area (TPSA) is 80.0 Å². The van der Waals surface area contributed by atoms with Crippen LogP contribution in [0.1, 0.15) is 34.3 Å². The first-order valence-electron chi connectivity index (χ1n) is 10.0. The van der Waals surface area contributed by atoms with Crippen molar-refractivity contribution in [2.45, 2.75) is 26.4 Å². The van der Waals surface area contributed by atoms with Crippen molar-refractivity contribution < 1.29 is 28.2 Å². The number of rotatable bonds is 5. The standard InChI is InChI=1S/C25H22FNO5/c1-14-4-10-19(31-3)18(12-14)23(28)21-22(20-11-5-15(2)32-20)27(25(30)24(21)29)13-16-6-8-17(26)9-7-16/h4-12,22,28H,13H2,1-3H3/b23-21+. The van der Waals surface area contributed by atoms with Gasteiger partial charge in [-0.3, -0.25) is 9.59 Å². The highest BCUT2D eigenvalue weighted by atomic mass is 19.1. The zero-order chi connectivity index (χ0) is 23.0. The van der Waals surface area contributed by atoms with Crippen LogP contribution in [0.4, 0.5) is 4.39 Å². The van der Waals surface area contributed by atoms with E-state index in [-0.39, 0.29) is 17.9 Å². The molecule has 0 saturated carbocycles. The molecule has 6 nitrogen and oxygen atoms in total. The Morgan fingerprint density at radius 1 is 1.09 bits per heavy atom. The minimum absolute atomic E-state index is 0.0387. The van der Waals surface area contributed by atoms with Crippen molar-refractivity contribution in [3.63, 3.8) is 0 Å². The van der Waals surface area contributed by atoms with Crippen molar-refractivity contribution in [1.29, 1.82) is 0 Å². The number of hydrogen-bond acceptors (Lipinski definition) is 5. The fourth-order valence-corrected chi connectivity index (χ4v) is 3.88. The molecule has 3 aromatic rings. The monoisotopic (exact) mass is 435 g/mol. The number of benzene rings is 2. The van der Waals surface area contributed by atoms with E-state index in [1.54, 1.807) is 43.3 Å². The number of methoxy groups -OCH3 is 1. The molecule has 1 aromatic heterocycles. The predicted octanol–water partition coefficient (Wildman–Crippen LogP) is 4.67. The number of Topliss-reactive ketones (excluding diaryl/α,β-unsaturated/α-hetero) is 1. The van der Waals surface area contributed by atoms with E-state index in [9.17, 15) is 19.1 Å². The minimum Gasteiger partial charge on any atom is -0.507 e. The number of carbonyl (C=O) groups is 2. The summed E-state index contributed by atoms with van der Waals surface area (Å²) in [6.45, 7) is 3.63. The third-order valence-corrected chi connectivity index (χ3v) is 5.45. The molecule has 0 spiro atoms. The molecule has 0 radical (unpaired) electrons. The summed E-state index contributed by atoms with van der Waals surface area (Å²) in [6.07, 6.45) is 0. The molecule has 7 heteroatoms. The zero-order valence-electron chi connectivity index (χ0n) is 17.9. The number of nitrogens with zero attached hydrogens (tertiary/aromatic N) is 1. The maximum atomic E-state index is 13.3. The Bertz CT molecular complexity index is 1230. The van der Waals surface area contributed by atoms with Gasteiger partial charge in [0.1, 0.15) is 34.9 Å². The van der Waals surface area contributed by atoms with E-state index in [1.807, 2.05) is 13.0 Å². The third-order valence-electron chi connectivity index (χ3n) is 5.45. The lowest BCUT2D eigenvalue weighted by molar-refractivity contribution is -0.140. The predicted molar refractivity (Wildman–Crippen MR) is 115 cm³/mol. The molecule has 2 heterocycles. The summed E-state index contributed by atoms with van der Waals surface area (Å²) in [4.78, 5) is 27.4. The Balaban J connectivity index is 1.88. The largest absolute Gasteiger partial charge is 0.507 e. The van der Waals surface area contributed by atoms with Gasteiger partial charge in [-0.1, -0.05) is 23.8 Å². The molecule has 1 atom stereocenters. The quantitative estimate of drug-likeness (QED) is 0.358. The smallest absolute Gasteiger partial charge is 0.296 e. The summed E-state index contributed by atoms with van der Waals surface area (Å²) in [5.74, 6) is -1.04. The summed E-state index contributed by atoms with van der Waals surface area (Å²) in [5.41, 5.74) is 1.70. The van der Waals surface area contributed by atoms with Gasteiger partial charge in [0, 0.05) is 6.54 Å². The van der Waals surface area contributed by atoms with Crippen LogP contribution in [0, 0.1) is 19.7 Å². The van der Waals surface area contributed by atoms with Crippen LogP contribution in [0.5, 0.6) is 5.75 Å². The van der Waals surface area contributed by atoms with Gasteiger partial charge < -0.3 is 19.2 Å². The van der Waals surface area contributed by atoms with Gasteiger partial charge in [-0.25, -0.2) is 4.39 Å². The highest BCUT2D eigenvalue weighted by Gasteiger charge is 2.47. The lowest BCUT2D eigenvalue weighted by Gasteiger charge is -2.23. The van der Waals surface area contributed by atoms with Gasteiger partial charge >= 0.3 is 0 Å². The number of aliphatic hydroxyl groups is 1. The van der Waals surface area contributed by atoms with Crippen molar-refractivity contribution in [3.8, 4) is 5.75 Å². The van der Waals surface area contributed by atoms with Crippen LogP contribution in [-0.4, -0.2) is 28.8 Å². The van der Waals surface area contributed by atoms with Gasteiger partial charge in [0.2, 0.25) is 0 Å². The molecule has 1 amide bonds. The van der Waals surface area contributed by atoms with E-state index in [0.717, 1.165) is 5.56 Å². The first-order chi connectivity index (χ1) is 15.3. The number of ketones is 1. The first kappa shape index (κ1) is 21.4. The molecule has 2 aromatic carbocycles. The maximum absolute atomic E-state index is 13.3. The minimum atomic E-state index is -0.945. The van der Waals surface area contributed by atoms with Crippen molar-refractivity contribution in [2.75, 3.05) is 7.11 Å². The van der Waals surface area contributed by atoms with Crippen molar-refractivity contribution in [3.05, 3.63) is 94.2 Å². The Morgan fingerprint density at radius 2 is 1.81 bits per heavy atom. The van der Waals surface area contributed by atoms with Crippen LogP contribution in [-0.2, 0) is 16.1 Å². The van der Waals surface area contributed by atoms with Crippen LogP contribution in [0.3, 0.4) is 0 Å². The molecule has 0 aliphatic carbocycles. The van der Waals surface area contributed by atoms with Gasteiger partial charge in [0.05, 0.1) is 18.2 Å². The van der Waals surface area contributed by atoms with Crippen LogP contribution in [0.15, 0.2) is 64.6 Å². The Hall–Kier alpha value is -3.87. The SMILES string of the molecule is COc1ccc(C)cc1/C(O)=C1\C(=O)C(=O)N(Cc2ccc(F)cc2)C1c1ccc(C)o1. The van der Waals surface area contributed by atoms with E-state index in [1.165, 1.54) is 24.1 Å². The van der Waals surface area contributed by atoms with Gasteiger partial charge in [-0.05, 0) is 55.8 Å². The second kappa shape index (κ2) is 8.34. The molecule has 1 fully saturated rings. The molecule has 32 heavy (non-hydrogen) atoms. The maximum Gasteiger partial charge on any atom is 0.296 e. The number of aliphatic hydroxyl groups excluding tert-OH is 1. The van der Waals surface area contributed by atoms with E-state index >= 15 is 0 Å². The van der Waals surface area contributed by atoms with Crippen molar-refractivity contribution in [2.24, 2.45) is 0 Å². The first-order valence-corrected chi connectivity index (χ1v) is 10.0. The molecular formula is C25H22FNO5. The van der Waals surface area contributed by atoms with Crippen LogP contribution < -0.4 is 4.74 Å². The number of halogens is 1. The molecule has 1 N–H and O–H groups in total. The highest BCUT2D eigenvalue weighted by molar-refractivity contribution is 6.46. The average molecular weight is 435 g/mol. The van der Waals surface area contributed by atoms with E-state index in [0.29, 0.717) is 28.4 Å². The number of aryl methyl sites for hydroxylation is 2. The number of likely N-dealkylation sites (tertiary alicyclic amines) is 1. The summed E-state index contributed by atoms with van der Waals surface area (Å²) in [7, 11) is 1.46. The number of carbonyl (C=O) groups excluding carboxylic acids is 2. The molecule has 1 aliphatic rings. The molecule has 0 bridgehead atoms. The van der Waals surface area contributed by atoms with Gasteiger partial charge in [0.25, 0.3) is 11.7 Å². The van der Waals surface area contributed by atoms with E-state index < -0.39 is 23.5 Å². The lowest BCUT2D eigenvalue weighted by Crippen LogP contribution is -2.29. The Kier molecular flexibility index (Phi) is 5.57. The van der Waals surface area contributed by atoms with E-state index in [2.05, 4.69) is 0 Å². The second-order valence-corrected chi connectivity index (χ2v) is 7.71. The zero-order valence-corrected chi connectivity index (χ0v) is 17.9. The number of furan rings is 1. The third kappa shape index (κ3) is 3.77. The molecule has 1 saturated heterocycles. The Morgan fingerprint density at radius 3 is 2.44 bits per heavy atom. The number of amides is 1. The molecule has 1 aliphatic heterocycles. The lowest BCUT2D eigenvalue weighted by atomic mass is 9.97. The van der Waals surface area contributed by atoms with E-state index in [4.69, 9.17) is 9.15 Å². The average Bonchev–Trinajstić information content (AvgIpc) is 3.31. The number of ether oxygens (including phenoxy) is 1. The summed E-state index contributed by atoms with van der Waals surface area (Å²) in [5, 5.41) is 11.2. The highest BCUT2D eigenvalue weighted by Crippen LogP contribution is 2.42. The van der Waals surface area contributed by atoms with Crippen molar-refractivity contribution >= 4 is 17.4 Å². The summed E-state index contributed by atoms with van der Waals surface area (Å²) >= 11 is 0. The molecule has 1 unspecified atom stereocenters. The Labute approximate surface area is 184 Å². The molecular weight excluding hydrogens is 413 g/mol. The fraction of sp³-hybridized carbons (Fsp3) is 0.200. The fourth-order valence-electron chi connectivity index (χ4n) is 3.88. The van der Waals surface area contributed by atoms with Crippen LogP contribution in [0.25, 0.3) is 5.76 Å². The summed E-state index contributed by atoms with van der Waals surface area (Å²) < 4.78 is 24.5. The molecule has 164 valence electrons. The molecule has 4 rings (SSSR count).